The summed E-state index contributed by atoms with van der Waals surface area (Å²) in [6.07, 6.45) is 0.103. The number of hydrogen-bond acceptors (Lipinski definition) is 10. The third-order valence-electron chi connectivity index (χ3n) is 8.29. The number of fused-ring (bicyclic) bond motifs is 3. The second-order valence-electron chi connectivity index (χ2n) is 10.8. The number of rotatable bonds is 5. The molecule has 0 aromatic heterocycles. The fourth-order valence-corrected chi connectivity index (χ4v) is 6.55. The van der Waals surface area contributed by atoms with E-state index in [1.807, 2.05) is 0 Å². The van der Waals surface area contributed by atoms with Gasteiger partial charge in [-0.2, -0.15) is 0 Å². The van der Waals surface area contributed by atoms with Crippen LogP contribution in [0.1, 0.15) is 39.6 Å². The summed E-state index contributed by atoms with van der Waals surface area (Å²) in [6.45, 7) is 1.89. The molecule has 0 unspecified atom stereocenters. The van der Waals surface area contributed by atoms with E-state index in [2.05, 4.69) is 0 Å². The molecule has 0 radical (unpaired) electrons. The van der Waals surface area contributed by atoms with Crippen LogP contribution in [0.5, 0.6) is 5.75 Å². The van der Waals surface area contributed by atoms with E-state index in [1.54, 1.807) is 51.4 Å². The van der Waals surface area contributed by atoms with Crippen molar-refractivity contribution >= 4 is 23.4 Å². The number of Topliss-reactive ketones (excluding diaryl/α,β-unsaturated/α-hetero) is 2. The smallest absolute Gasteiger partial charge is 0.338 e. The van der Waals surface area contributed by atoms with Crippen molar-refractivity contribution in [3.63, 3.8) is 0 Å². The largest absolute Gasteiger partial charge is 0.510 e. The van der Waals surface area contributed by atoms with E-state index in [4.69, 9.17) is 10.5 Å². The second kappa shape index (κ2) is 9.86. The van der Waals surface area contributed by atoms with Crippen LogP contribution in [0.2, 0.25) is 0 Å². The van der Waals surface area contributed by atoms with Crippen molar-refractivity contribution in [3.8, 4) is 16.9 Å². The van der Waals surface area contributed by atoms with Gasteiger partial charge in [0.25, 0.3) is 5.91 Å². The molecule has 0 heterocycles. The first-order valence-electron chi connectivity index (χ1n) is 13.1. The Bertz CT molecular complexity index is 1590. The fraction of sp³-hybridized carbons (Fsp3) is 0.333. The van der Waals surface area contributed by atoms with Gasteiger partial charge < -0.3 is 30.9 Å². The van der Waals surface area contributed by atoms with Gasteiger partial charge in [-0.3, -0.25) is 19.3 Å². The number of nitrogens with zero attached hydrogens (tertiary/aromatic N) is 1. The van der Waals surface area contributed by atoms with Gasteiger partial charge in [0.1, 0.15) is 22.8 Å². The van der Waals surface area contributed by atoms with Crippen LogP contribution in [0.4, 0.5) is 0 Å². The maximum Gasteiger partial charge on any atom is 0.338 e. The van der Waals surface area contributed by atoms with Crippen LogP contribution in [0.15, 0.2) is 59.1 Å². The van der Waals surface area contributed by atoms with Crippen LogP contribution in [-0.2, 0) is 20.7 Å². The minimum Gasteiger partial charge on any atom is -0.510 e. The molecule has 0 bridgehead atoms. The number of carbonyl (C=O) groups is 4. The van der Waals surface area contributed by atoms with Gasteiger partial charge in [-0.05, 0) is 74.7 Å². The quantitative estimate of drug-likeness (QED) is 0.266. The highest BCUT2D eigenvalue weighted by molar-refractivity contribution is 6.25. The summed E-state index contributed by atoms with van der Waals surface area (Å²) >= 11 is 0. The molecule has 0 saturated carbocycles. The highest BCUT2D eigenvalue weighted by Crippen LogP contribution is 2.53. The van der Waals surface area contributed by atoms with Crippen LogP contribution in [-0.4, -0.2) is 81.1 Å². The molecule has 11 heteroatoms. The number of primary amides is 1. The molecule has 5 rings (SSSR count). The SMILES string of the molecule is CCOC(=O)c1cccc(-c2ccc(O)c3c2C[C@H]2C[C@H]4[C@H](N(C)C)C(O)=C(C(N)=O)C(=O)[C@@]4(O)C(O)=C2C3=O)c1. The number of likely N-dealkylation sites (N-methyl/N-ethyl adjacent to an activating group) is 1. The van der Waals surface area contributed by atoms with Crippen LogP contribution in [0, 0.1) is 11.8 Å². The average molecular weight is 563 g/mol. The first-order valence-corrected chi connectivity index (χ1v) is 13.1. The third kappa shape index (κ3) is 4.03. The molecule has 1 amide bonds. The van der Waals surface area contributed by atoms with Crippen molar-refractivity contribution in [2.75, 3.05) is 20.7 Å². The maximum atomic E-state index is 13.9. The van der Waals surface area contributed by atoms with Gasteiger partial charge in [-0.15, -0.1) is 0 Å². The Morgan fingerprint density at radius 1 is 1.12 bits per heavy atom. The van der Waals surface area contributed by atoms with Gasteiger partial charge in [-0.1, -0.05) is 18.2 Å². The summed E-state index contributed by atoms with van der Waals surface area (Å²) in [7, 11) is 3.14. The van der Waals surface area contributed by atoms with Gasteiger partial charge in [0.05, 0.1) is 23.8 Å². The molecule has 2 aromatic rings. The van der Waals surface area contributed by atoms with E-state index in [0.717, 1.165) is 0 Å². The molecule has 11 nitrogen and oxygen atoms in total. The molecule has 4 atom stereocenters. The molecular weight excluding hydrogens is 532 g/mol. The van der Waals surface area contributed by atoms with Gasteiger partial charge in [-0.25, -0.2) is 4.79 Å². The number of hydrogen-bond donors (Lipinski definition) is 5. The molecule has 41 heavy (non-hydrogen) atoms. The van der Waals surface area contributed by atoms with Crippen molar-refractivity contribution in [3.05, 3.63) is 75.8 Å². The number of aliphatic hydroxyl groups excluding tert-OH is 2. The topological polar surface area (TPSA) is 188 Å². The Kier molecular flexibility index (Phi) is 6.75. The van der Waals surface area contributed by atoms with Gasteiger partial charge in [0, 0.05) is 11.5 Å². The van der Waals surface area contributed by atoms with Gasteiger partial charge in [0.2, 0.25) is 5.78 Å². The van der Waals surface area contributed by atoms with Gasteiger partial charge >= 0.3 is 5.97 Å². The van der Waals surface area contributed by atoms with Crippen LogP contribution in [0.3, 0.4) is 0 Å². The predicted molar refractivity (Wildman–Crippen MR) is 145 cm³/mol. The Labute approximate surface area is 235 Å². The lowest BCUT2D eigenvalue weighted by Gasteiger charge is -2.50. The van der Waals surface area contributed by atoms with Crippen LogP contribution < -0.4 is 5.73 Å². The minimum absolute atomic E-state index is 0.0241. The number of ether oxygens (including phenoxy) is 1. The summed E-state index contributed by atoms with van der Waals surface area (Å²) in [5, 5.41) is 44.8. The van der Waals surface area contributed by atoms with Crippen molar-refractivity contribution in [1.29, 1.82) is 0 Å². The Hall–Kier alpha value is -4.48. The molecule has 3 aliphatic carbocycles. The van der Waals surface area contributed by atoms with Crippen molar-refractivity contribution < 1.29 is 44.3 Å². The van der Waals surface area contributed by atoms with E-state index in [1.165, 1.54) is 11.0 Å². The van der Waals surface area contributed by atoms with Crippen LogP contribution >= 0.6 is 0 Å². The predicted octanol–water partition coefficient (Wildman–Crippen LogP) is 1.96. The number of phenolic OH excluding ortho intramolecular Hbond substituents is 1. The number of nitrogens with two attached hydrogens (primary N) is 1. The fourth-order valence-electron chi connectivity index (χ4n) is 6.55. The Morgan fingerprint density at radius 2 is 1.83 bits per heavy atom. The zero-order valence-corrected chi connectivity index (χ0v) is 22.7. The Morgan fingerprint density at radius 3 is 2.46 bits per heavy atom. The first kappa shape index (κ1) is 28.1. The lowest BCUT2D eigenvalue weighted by Crippen LogP contribution is -2.63. The first-order chi connectivity index (χ1) is 19.3. The summed E-state index contributed by atoms with van der Waals surface area (Å²) in [5.74, 6) is -7.62. The Balaban J connectivity index is 1.68. The third-order valence-corrected chi connectivity index (χ3v) is 8.29. The van der Waals surface area contributed by atoms with Crippen molar-refractivity contribution in [2.45, 2.75) is 31.4 Å². The standard InChI is InChI=1S/C30H30N2O9/c1-4-41-29(39)14-7-5-6-13(10-14)16-8-9-19(33)21-17(16)11-15-12-18-23(32(2)3)25(35)22(28(31)38)27(37)30(18,40)26(36)20(15)24(21)34/h5-10,15,18,23,33,35-36,40H,4,11-12H2,1-3H3,(H2,31,38)/t15-,18-,23-,30-/m0/s1. The maximum absolute atomic E-state index is 13.9. The number of esters is 1. The normalized spacial score (nSPS) is 25.5. The van der Waals surface area contributed by atoms with Crippen molar-refractivity contribution in [1.82, 2.24) is 4.90 Å². The van der Waals surface area contributed by atoms with E-state index >= 15 is 0 Å². The summed E-state index contributed by atoms with van der Waals surface area (Å²) < 4.78 is 5.10. The van der Waals surface area contributed by atoms with E-state index in [-0.39, 0.29) is 36.3 Å². The summed E-state index contributed by atoms with van der Waals surface area (Å²) in [6, 6.07) is 8.50. The summed E-state index contributed by atoms with van der Waals surface area (Å²) in [4.78, 5) is 53.3. The monoisotopic (exact) mass is 562 g/mol. The molecule has 3 aliphatic rings. The molecule has 0 saturated heterocycles. The van der Waals surface area contributed by atoms with E-state index < -0.39 is 64.0 Å². The lowest BCUT2D eigenvalue weighted by molar-refractivity contribution is -0.148. The van der Waals surface area contributed by atoms with Crippen LogP contribution in [0.25, 0.3) is 11.1 Å². The number of carbonyl (C=O) groups excluding carboxylic acids is 4. The molecule has 0 fully saturated rings. The molecule has 2 aromatic carbocycles. The zero-order chi connectivity index (χ0) is 30.0. The molecule has 0 aliphatic heterocycles. The number of amides is 1. The summed E-state index contributed by atoms with van der Waals surface area (Å²) in [5.41, 5.74) is 3.38. The number of benzene rings is 2. The number of allylic oxidation sites excluding steroid dienone is 1. The number of aromatic hydroxyl groups is 1. The molecule has 6 N–H and O–H groups in total. The molecule has 0 spiro atoms. The minimum atomic E-state index is -2.70. The van der Waals surface area contributed by atoms with E-state index in [9.17, 15) is 39.6 Å². The highest BCUT2D eigenvalue weighted by atomic mass is 16.5. The number of aliphatic hydroxyl groups is 3. The average Bonchev–Trinajstić information content (AvgIpc) is 2.90. The number of ketones is 2. The van der Waals surface area contributed by atoms with E-state index in [0.29, 0.717) is 22.3 Å². The second-order valence-corrected chi connectivity index (χ2v) is 10.8. The van der Waals surface area contributed by atoms with Crippen molar-refractivity contribution in [2.24, 2.45) is 17.6 Å². The molecular formula is C30H30N2O9. The number of phenols is 1. The highest BCUT2D eigenvalue weighted by Gasteiger charge is 2.63. The van der Waals surface area contributed by atoms with Gasteiger partial charge in [0.15, 0.2) is 11.4 Å². The molecule has 214 valence electrons. The zero-order valence-electron chi connectivity index (χ0n) is 22.7. The lowest BCUT2D eigenvalue weighted by atomic mass is 9.58.